The highest BCUT2D eigenvalue weighted by Crippen LogP contribution is 2.27. The smallest absolute Gasteiger partial charge is 0.227 e. The Kier molecular flexibility index (Phi) is 6.48. The number of piperidine rings is 2. The Morgan fingerprint density at radius 2 is 1.60 bits per heavy atom. The van der Waals surface area contributed by atoms with Crippen molar-refractivity contribution in [1.29, 1.82) is 0 Å². The summed E-state index contributed by atoms with van der Waals surface area (Å²) in [6.07, 6.45) is 6.84. The predicted molar refractivity (Wildman–Crippen MR) is 100 cm³/mol. The first kappa shape index (κ1) is 18.4. The van der Waals surface area contributed by atoms with Gasteiger partial charge in [0, 0.05) is 52.2 Å². The maximum Gasteiger partial charge on any atom is 0.227 e. The van der Waals surface area contributed by atoms with Crippen molar-refractivity contribution >= 4 is 11.8 Å². The predicted octanol–water partition coefficient (Wildman–Crippen LogP) is 2.51. The molecule has 3 heterocycles. The maximum absolute atomic E-state index is 5.37. The van der Waals surface area contributed by atoms with Gasteiger partial charge in [0.1, 0.15) is 5.82 Å². The van der Waals surface area contributed by atoms with Gasteiger partial charge in [-0.05, 0) is 44.4 Å². The molecular formula is C19H32N4O2. The number of methoxy groups -OCH3 is 2. The van der Waals surface area contributed by atoms with E-state index in [2.05, 4.69) is 21.7 Å². The number of hydrogen-bond acceptors (Lipinski definition) is 6. The van der Waals surface area contributed by atoms with E-state index < -0.39 is 0 Å². The third-order valence-corrected chi connectivity index (χ3v) is 5.36. The van der Waals surface area contributed by atoms with E-state index in [0.29, 0.717) is 11.8 Å². The summed E-state index contributed by atoms with van der Waals surface area (Å²) < 4.78 is 10.7. The van der Waals surface area contributed by atoms with Crippen LogP contribution in [0.1, 0.15) is 31.2 Å². The molecule has 0 aliphatic carbocycles. The lowest BCUT2D eigenvalue weighted by Gasteiger charge is -2.36. The molecule has 2 saturated heterocycles. The molecule has 0 radical (unpaired) electrons. The van der Waals surface area contributed by atoms with E-state index in [4.69, 9.17) is 14.5 Å². The van der Waals surface area contributed by atoms with Gasteiger partial charge in [-0.25, -0.2) is 4.98 Å². The summed E-state index contributed by atoms with van der Waals surface area (Å²) in [7, 11) is 3.58. The van der Waals surface area contributed by atoms with Gasteiger partial charge >= 0.3 is 0 Å². The molecule has 1 aromatic rings. The van der Waals surface area contributed by atoms with E-state index in [0.717, 1.165) is 56.7 Å². The Labute approximate surface area is 151 Å². The average Bonchev–Trinajstić information content (AvgIpc) is 2.63. The number of ether oxygens (including phenoxy) is 2. The molecule has 2 unspecified atom stereocenters. The number of aromatic nitrogens is 2. The standard InChI is InChI=1S/C19H32N4O2/c1-15-10-20-19(23-9-5-7-17(12-23)14-25-3)21-18(15)22-8-4-6-16(11-22)13-24-2/h10,16-17H,4-9,11-14H2,1-3H3. The van der Waals surface area contributed by atoms with E-state index >= 15 is 0 Å². The molecule has 0 amide bonds. The van der Waals surface area contributed by atoms with Crippen molar-refractivity contribution in [2.45, 2.75) is 32.6 Å². The first-order valence-electron chi connectivity index (χ1n) is 9.52. The normalized spacial score (nSPS) is 24.6. The van der Waals surface area contributed by atoms with Gasteiger partial charge in [-0.2, -0.15) is 4.98 Å². The Balaban J connectivity index is 1.74. The summed E-state index contributed by atoms with van der Waals surface area (Å²) in [5, 5.41) is 0. The van der Waals surface area contributed by atoms with E-state index in [1.165, 1.54) is 25.7 Å². The molecule has 25 heavy (non-hydrogen) atoms. The molecule has 0 aromatic carbocycles. The van der Waals surface area contributed by atoms with Gasteiger partial charge in [-0.3, -0.25) is 0 Å². The topological polar surface area (TPSA) is 50.7 Å². The summed E-state index contributed by atoms with van der Waals surface area (Å²) >= 11 is 0. The first-order chi connectivity index (χ1) is 12.2. The first-order valence-corrected chi connectivity index (χ1v) is 9.52. The lowest BCUT2D eigenvalue weighted by atomic mass is 9.98. The molecule has 0 N–H and O–H groups in total. The van der Waals surface area contributed by atoms with Crippen LogP contribution in [-0.4, -0.2) is 63.6 Å². The number of anilines is 2. The molecule has 2 atom stereocenters. The Morgan fingerprint density at radius 3 is 2.24 bits per heavy atom. The third kappa shape index (κ3) is 4.61. The quantitative estimate of drug-likeness (QED) is 0.787. The van der Waals surface area contributed by atoms with Gasteiger partial charge in [0.15, 0.2) is 0 Å². The van der Waals surface area contributed by atoms with Crippen molar-refractivity contribution in [1.82, 2.24) is 9.97 Å². The van der Waals surface area contributed by atoms with Crippen LogP contribution in [0.5, 0.6) is 0 Å². The minimum atomic E-state index is 0.577. The molecule has 3 rings (SSSR count). The molecular weight excluding hydrogens is 316 g/mol. The van der Waals surface area contributed by atoms with Crippen LogP contribution in [-0.2, 0) is 9.47 Å². The second kappa shape index (κ2) is 8.81. The summed E-state index contributed by atoms with van der Waals surface area (Å²) in [6.45, 7) is 7.89. The van der Waals surface area contributed by atoms with E-state index in [1.807, 2.05) is 6.20 Å². The monoisotopic (exact) mass is 348 g/mol. The average molecular weight is 348 g/mol. The van der Waals surface area contributed by atoms with Crippen molar-refractivity contribution in [3.63, 3.8) is 0 Å². The lowest BCUT2D eigenvalue weighted by molar-refractivity contribution is 0.142. The fraction of sp³-hybridized carbons (Fsp3) is 0.789. The second-order valence-corrected chi connectivity index (χ2v) is 7.50. The number of nitrogens with zero attached hydrogens (tertiary/aromatic N) is 4. The highest BCUT2D eigenvalue weighted by Gasteiger charge is 2.25. The summed E-state index contributed by atoms with van der Waals surface area (Å²) in [5.41, 5.74) is 1.16. The van der Waals surface area contributed by atoms with E-state index in [9.17, 15) is 0 Å². The second-order valence-electron chi connectivity index (χ2n) is 7.50. The van der Waals surface area contributed by atoms with Gasteiger partial charge in [0.2, 0.25) is 5.95 Å². The SMILES string of the molecule is COCC1CCCN(c2ncc(C)c(N3CCCC(COC)C3)n2)C1. The summed E-state index contributed by atoms with van der Waals surface area (Å²) in [6, 6.07) is 0. The zero-order chi connectivity index (χ0) is 17.6. The van der Waals surface area contributed by atoms with Gasteiger partial charge in [-0.1, -0.05) is 0 Å². The molecule has 0 spiro atoms. The third-order valence-electron chi connectivity index (χ3n) is 5.36. The molecule has 2 fully saturated rings. The molecule has 0 saturated carbocycles. The number of hydrogen-bond donors (Lipinski definition) is 0. The fourth-order valence-electron chi connectivity index (χ4n) is 4.14. The molecule has 2 aliphatic heterocycles. The van der Waals surface area contributed by atoms with Crippen LogP contribution < -0.4 is 9.80 Å². The summed E-state index contributed by atoms with van der Waals surface area (Å²) in [4.78, 5) is 14.3. The molecule has 2 aliphatic rings. The van der Waals surface area contributed by atoms with Crippen LogP contribution in [0.3, 0.4) is 0 Å². The van der Waals surface area contributed by atoms with Gasteiger partial charge in [0.25, 0.3) is 0 Å². The van der Waals surface area contributed by atoms with Crippen LogP contribution in [0, 0.1) is 18.8 Å². The summed E-state index contributed by atoms with van der Waals surface area (Å²) in [5.74, 6) is 3.14. The van der Waals surface area contributed by atoms with Gasteiger partial charge in [-0.15, -0.1) is 0 Å². The van der Waals surface area contributed by atoms with Crippen molar-refractivity contribution in [3.05, 3.63) is 11.8 Å². The Bertz CT molecular complexity index is 550. The van der Waals surface area contributed by atoms with Crippen LogP contribution in [0.2, 0.25) is 0 Å². The van der Waals surface area contributed by atoms with Crippen molar-refractivity contribution < 1.29 is 9.47 Å². The number of aryl methyl sites for hydroxylation is 1. The highest BCUT2D eigenvalue weighted by molar-refractivity contribution is 5.50. The Hall–Kier alpha value is -1.40. The minimum absolute atomic E-state index is 0.577. The lowest BCUT2D eigenvalue weighted by Crippen LogP contribution is -2.40. The molecule has 1 aromatic heterocycles. The minimum Gasteiger partial charge on any atom is -0.384 e. The van der Waals surface area contributed by atoms with Crippen LogP contribution in [0.15, 0.2) is 6.20 Å². The van der Waals surface area contributed by atoms with E-state index in [-0.39, 0.29) is 0 Å². The van der Waals surface area contributed by atoms with Gasteiger partial charge < -0.3 is 19.3 Å². The molecule has 0 bridgehead atoms. The molecule has 6 nitrogen and oxygen atoms in total. The molecule has 6 heteroatoms. The van der Waals surface area contributed by atoms with Crippen LogP contribution in [0.4, 0.5) is 11.8 Å². The zero-order valence-electron chi connectivity index (χ0n) is 15.9. The fourth-order valence-corrected chi connectivity index (χ4v) is 4.14. The van der Waals surface area contributed by atoms with Gasteiger partial charge in [0.05, 0.1) is 13.2 Å². The van der Waals surface area contributed by atoms with Crippen LogP contribution >= 0.6 is 0 Å². The van der Waals surface area contributed by atoms with Crippen molar-refractivity contribution in [2.75, 3.05) is 63.4 Å². The zero-order valence-corrected chi connectivity index (χ0v) is 15.9. The Morgan fingerprint density at radius 1 is 1.00 bits per heavy atom. The van der Waals surface area contributed by atoms with E-state index in [1.54, 1.807) is 14.2 Å². The number of rotatable bonds is 6. The molecule has 140 valence electrons. The maximum atomic E-state index is 5.37. The van der Waals surface area contributed by atoms with Crippen LogP contribution in [0.25, 0.3) is 0 Å². The van der Waals surface area contributed by atoms with Crippen molar-refractivity contribution in [2.24, 2.45) is 11.8 Å². The van der Waals surface area contributed by atoms with Crippen molar-refractivity contribution in [3.8, 4) is 0 Å². The largest absolute Gasteiger partial charge is 0.384 e. The highest BCUT2D eigenvalue weighted by atomic mass is 16.5.